The third kappa shape index (κ3) is 3.37. The lowest BCUT2D eigenvalue weighted by Gasteiger charge is -2.19. The highest BCUT2D eigenvalue weighted by Crippen LogP contribution is 2.38. The van der Waals surface area contributed by atoms with Crippen LogP contribution in [0.3, 0.4) is 0 Å². The quantitative estimate of drug-likeness (QED) is 0.890. The van der Waals surface area contributed by atoms with E-state index in [1.807, 2.05) is 6.92 Å². The second-order valence-electron chi connectivity index (χ2n) is 6.59. The van der Waals surface area contributed by atoms with E-state index in [1.54, 1.807) is 4.90 Å². The Kier molecular flexibility index (Phi) is 4.35. The number of rotatable bonds is 4. The van der Waals surface area contributed by atoms with Gasteiger partial charge >= 0.3 is 0 Å². The molecule has 6 heteroatoms. The van der Waals surface area contributed by atoms with Crippen LogP contribution in [0.4, 0.5) is 10.1 Å². The molecule has 0 spiro atoms. The van der Waals surface area contributed by atoms with E-state index in [0.717, 1.165) is 12.8 Å². The predicted octanol–water partition coefficient (Wildman–Crippen LogP) is 1.87. The fourth-order valence-corrected chi connectivity index (χ4v) is 3.05. The average Bonchev–Trinajstić information content (AvgIpc) is 3.09. The number of anilines is 1. The average molecular weight is 320 g/mol. The maximum atomic E-state index is 13.6. The fourth-order valence-electron chi connectivity index (χ4n) is 3.05. The predicted molar refractivity (Wildman–Crippen MR) is 83.4 cm³/mol. The number of carbonyl (C=O) groups is 2. The Hall–Kier alpha value is -1.95. The number of carbonyl (C=O) groups excluding carboxylic acids is 2. The van der Waals surface area contributed by atoms with Crippen LogP contribution in [0.25, 0.3) is 0 Å². The summed E-state index contributed by atoms with van der Waals surface area (Å²) in [6, 6.07) is 3.84. The van der Waals surface area contributed by atoms with Gasteiger partial charge in [-0.3, -0.25) is 9.59 Å². The lowest BCUT2D eigenvalue weighted by atomic mass is 10.1. The van der Waals surface area contributed by atoms with Crippen LogP contribution in [0.5, 0.6) is 0 Å². The minimum atomic E-state index is -0.510. The van der Waals surface area contributed by atoms with E-state index in [0.29, 0.717) is 24.7 Å². The Morgan fingerprint density at radius 3 is 2.78 bits per heavy atom. The van der Waals surface area contributed by atoms with E-state index in [-0.39, 0.29) is 35.8 Å². The molecule has 2 aliphatic rings. The zero-order valence-electron chi connectivity index (χ0n) is 13.1. The van der Waals surface area contributed by atoms with Crippen LogP contribution in [0.15, 0.2) is 18.2 Å². The van der Waals surface area contributed by atoms with Crippen LogP contribution < -0.4 is 5.32 Å². The zero-order chi connectivity index (χ0) is 16.6. The highest BCUT2D eigenvalue weighted by molar-refractivity contribution is 6.04. The Morgan fingerprint density at radius 1 is 1.43 bits per heavy atom. The van der Waals surface area contributed by atoms with Crippen LogP contribution in [0.1, 0.15) is 30.1 Å². The number of amides is 2. The molecule has 1 saturated carbocycles. The van der Waals surface area contributed by atoms with Crippen molar-refractivity contribution in [2.24, 2.45) is 17.8 Å². The topological polar surface area (TPSA) is 69.6 Å². The van der Waals surface area contributed by atoms with Crippen molar-refractivity contribution in [1.29, 1.82) is 0 Å². The molecule has 1 aromatic rings. The molecule has 3 unspecified atom stereocenters. The van der Waals surface area contributed by atoms with Gasteiger partial charge in [-0.25, -0.2) is 4.39 Å². The summed E-state index contributed by atoms with van der Waals surface area (Å²) in [7, 11) is 0. The molecular weight excluding hydrogens is 299 g/mol. The normalized spacial score (nSPS) is 26.2. The summed E-state index contributed by atoms with van der Waals surface area (Å²) in [5, 5.41) is 11.9. The number of aliphatic hydroxyl groups is 1. The first-order valence-electron chi connectivity index (χ1n) is 8.00. The number of halogens is 1. The summed E-state index contributed by atoms with van der Waals surface area (Å²) in [5.74, 6) is -0.527. The van der Waals surface area contributed by atoms with Crippen molar-refractivity contribution in [2.75, 3.05) is 25.0 Å². The van der Waals surface area contributed by atoms with Gasteiger partial charge in [0.05, 0.1) is 11.3 Å². The van der Waals surface area contributed by atoms with Gasteiger partial charge in [-0.05, 0) is 37.0 Å². The first-order chi connectivity index (χ1) is 11.0. The molecule has 124 valence electrons. The SMILES string of the molecule is CC1CC1C(=O)Nc1ccc(F)cc1C(=O)N1CCC(CO)C1. The van der Waals surface area contributed by atoms with Crippen molar-refractivity contribution in [3.8, 4) is 0 Å². The maximum Gasteiger partial charge on any atom is 0.256 e. The maximum absolute atomic E-state index is 13.6. The minimum absolute atomic E-state index is 0.0199. The number of hydrogen-bond donors (Lipinski definition) is 2. The number of hydrogen-bond acceptors (Lipinski definition) is 3. The second-order valence-corrected chi connectivity index (χ2v) is 6.59. The van der Waals surface area contributed by atoms with Crippen molar-refractivity contribution in [2.45, 2.75) is 19.8 Å². The smallest absolute Gasteiger partial charge is 0.256 e. The van der Waals surface area contributed by atoms with Crippen LogP contribution in [-0.2, 0) is 4.79 Å². The summed E-state index contributed by atoms with van der Waals surface area (Å²) in [6.07, 6.45) is 1.58. The molecule has 0 aromatic heterocycles. The molecule has 2 amide bonds. The molecule has 1 aliphatic heterocycles. The van der Waals surface area contributed by atoms with Crippen LogP contribution in [-0.4, -0.2) is 41.5 Å². The van der Waals surface area contributed by atoms with Gasteiger partial charge in [0.2, 0.25) is 5.91 Å². The van der Waals surface area contributed by atoms with E-state index in [4.69, 9.17) is 0 Å². The molecule has 0 bridgehead atoms. The van der Waals surface area contributed by atoms with Crippen LogP contribution in [0.2, 0.25) is 0 Å². The number of nitrogens with zero attached hydrogens (tertiary/aromatic N) is 1. The van der Waals surface area contributed by atoms with Crippen molar-refractivity contribution in [3.05, 3.63) is 29.6 Å². The molecule has 1 aliphatic carbocycles. The number of benzene rings is 1. The summed E-state index contributed by atoms with van der Waals surface area (Å²) in [6.45, 7) is 3.03. The summed E-state index contributed by atoms with van der Waals surface area (Å²) in [4.78, 5) is 26.3. The van der Waals surface area contributed by atoms with E-state index in [9.17, 15) is 19.1 Å². The van der Waals surface area contributed by atoms with Crippen molar-refractivity contribution in [1.82, 2.24) is 4.90 Å². The lowest BCUT2D eigenvalue weighted by Crippen LogP contribution is -2.30. The molecule has 23 heavy (non-hydrogen) atoms. The Bertz CT molecular complexity index is 634. The first kappa shape index (κ1) is 15.9. The van der Waals surface area contributed by atoms with E-state index in [1.165, 1.54) is 18.2 Å². The number of aliphatic hydroxyl groups excluding tert-OH is 1. The van der Waals surface area contributed by atoms with Gasteiger partial charge in [-0.1, -0.05) is 6.92 Å². The van der Waals surface area contributed by atoms with Gasteiger partial charge in [0, 0.05) is 31.5 Å². The van der Waals surface area contributed by atoms with Crippen LogP contribution >= 0.6 is 0 Å². The largest absolute Gasteiger partial charge is 0.396 e. The Balaban J connectivity index is 1.78. The lowest BCUT2D eigenvalue weighted by molar-refractivity contribution is -0.117. The zero-order valence-corrected chi connectivity index (χ0v) is 13.1. The first-order valence-corrected chi connectivity index (χ1v) is 8.00. The third-order valence-electron chi connectivity index (χ3n) is 4.75. The molecule has 1 aromatic carbocycles. The van der Waals surface area contributed by atoms with E-state index in [2.05, 4.69) is 5.32 Å². The molecule has 3 rings (SSSR count). The van der Waals surface area contributed by atoms with Gasteiger partial charge in [0.1, 0.15) is 5.82 Å². The van der Waals surface area contributed by atoms with Gasteiger partial charge < -0.3 is 15.3 Å². The van der Waals surface area contributed by atoms with Crippen molar-refractivity contribution >= 4 is 17.5 Å². The van der Waals surface area contributed by atoms with E-state index >= 15 is 0 Å². The standard InChI is InChI=1S/C17H21FN2O3/c1-10-6-13(10)16(22)19-15-3-2-12(18)7-14(15)17(23)20-5-4-11(8-20)9-21/h2-3,7,10-11,13,21H,4-6,8-9H2,1H3,(H,19,22). The highest BCUT2D eigenvalue weighted by Gasteiger charge is 2.39. The molecule has 5 nitrogen and oxygen atoms in total. The van der Waals surface area contributed by atoms with Gasteiger partial charge in [-0.2, -0.15) is 0 Å². The van der Waals surface area contributed by atoms with Crippen molar-refractivity contribution < 1.29 is 19.1 Å². The number of likely N-dealkylation sites (tertiary alicyclic amines) is 1. The third-order valence-corrected chi connectivity index (χ3v) is 4.75. The molecule has 2 N–H and O–H groups in total. The molecule has 0 radical (unpaired) electrons. The molecule has 1 heterocycles. The monoisotopic (exact) mass is 320 g/mol. The number of nitrogens with one attached hydrogen (secondary N) is 1. The molecular formula is C17H21FN2O3. The van der Waals surface area contributed by atoms with E-state index < -0.39 is 5.82 Å². The van der Waals surface area contributed by atoms with Crippen LogP contribution in [0, 0.1) is 23.6 Å². The molecule has 1 saturated heterocycles. The summed E-state index contributed by atoms with van der Waals surface area (Å²) >= 11 is 0. The summed E-state index contributed by atoms with van der Waals surface area (Å²) in [5.41, 5.74) is 0.526. The highest BCUT2D eigenvalue weighted by atomic mass is 19.1. The van der Waals surface area contributed by atoms with Gasteiger partial charge in [0.15, 0.2) is 0 Å². The second kappa shape index (κ2) is 6.28. The minimum Gasteiger partial charge on any atom is -0.396 e. The van der Waals surface area contributed by atoms with Gasteiger partial charge in [-0.15, -0.1) is 0 Å². The van der Waals surface area contributed by atoms with Gasteiger partial charge in [0.25, 0.3) is 5.91 Å². The molecule has 3 atom stereocenters. The molecule has 2 fully saturated rings. The summed E-state index contributed by atoms with van der Waals surface area (Å²) < 4.78 is 13.6. The fraction of sp³-hybridized carbons (Fsp3) is 0.529. The Morgan fingerprint density at radius 2 is 2.17 bits per heavy atom. The Labute approximate surface area is 134 Å². The van der Waals surface area contributed by atoms with Crippen molar-refractivity contribution in [3.63, 3.8) is 0 Å².